The molecule has 1 N–H and O–H groups in total. The summed E-state index contributed by atoms with van der Waals surface area (Å²) in [6.07, 6.45) is 3.67. The summed E-state index contributed by atoms with van der Waals surface area (Å²) in [6.45, 7) is 6.67. The molecule has 0 fully saturated rings. The van der Waals surface area contributed by atoms with Crippen molar-refractivity contribution in [3.8, 4) is 0 Å². The van der Waals surface area contributed by atoms with Gasteiger partial charge in [0, 0.05) is 17.2 Å². The molecule has 0 saturated heterocycles. The molecule has 0 radical (unpaired) electrons. The second kappa shape index (κ2) is 9.21. The van der Waals surface area contributed by atoms with Crippen LogP contribution in [0.3, 0.4) is 0 Å². The van der Waals surface area contributed by atoms with Crippen molar-refractivity contribution in [2.45, 2.75) is 57.9 Å². The normalized spacial score (nSPS) is 16.6. The molecule has 1 aliphatic heterocycles. The van der Waals surface area contributed by atoms with E-state index in [1.54, 1.807) is 17.1 Å². The Bertz CT molecular complexity index is 846. The fourth-order valence-corrected chi connectivity index (χ4v) is 3.75. The number of urea groups is 1. The Balaban J connectivity index is 1.69. The van der Waals surface area contributed by atoms with Crippen molar-refractivity contribution < 1.29 is 9.18 Å². The van der Waals surface area contributed by atoms with Gasteiger partial charge in [0.1, 0.15) is 5.82 Å². The number of halogens is 1. The third kappa shape index (κ3) is 5.66. The Labute approximate surface area is 172 Å². The van der Waals surface area contributed by atoms with E-state index in [2.05, 4.69) is 29.5 Å². The number of hydrazone groups is 1. The van der Waals surface area contributed by atoms with E-state index in [1.807, 2.05) is 32.0 Å². The van der Waals surface area contributed by atoms with E-state index < -0.39 is 5.54 Å². The molecule has 0 spiro atoms. The molecule has 5 heteroatoms. The Hall–Kier alpha value is -2.69. The fraction of sp³-hybridized carbons (Fsp3) is 0.417. The lowest BCUT2D eigenvalue weighted by Gasteiger charge is -2.28. The van der Waals surface area contributed by atoms with Crippen LogP contribution in [0.15, 0.2) is 59.7 Å². The van der Waals surface area contributed by atoms with E-state index in [0.29, 0.717) is 13.0 Å². The van der Waals surface area contributed by atoms with Crippen LogP contribution < -0.4 is 5.32 Å². The van der Waals surface area contributed by atoms with Crippen LogP contribution >= 0.6 is 0 Å². The molecule has 1 aliphatic rings. The average molecular weight is 396 g/mol. The number of benzene rings is 2. The van der Waals surface area contributed by atoms with Crippen LogP contribution in [-0.4, -0.2) is 28.8 Å². The van der Waals surface area contributed by atoms with Gasteiger partial charge < -0.3 is 5.32 Å². The largest absolute Gasteiger partial charge is 0.338 e. The number of nitrogens with zero attached hydrogens (tertiary/aromatic N) is 2. The Kier molecular flexibility index (Phi) is 6.68. The predicted octanol–water partition coefficient (Wildman–Crippen LogP) is 5.50. The fourth-order valence-electron chi connectivity index (χ4n) is 3.75. The lowest BCUT2D eigenvalue weighted by molar-refractivity contribution is 0.192. The molecular weight excluding hydrogens is 365 g/mol. The molecule has 1 heterocycles. The third-order valence-electron chi connectivity index (χ3n) is 5.23. The molecule has 0 aromatic heterocycles. The van der Waals surface area contributed by atoms with Crippen LogP contribution in [-0.2, 0) is 6.42 Å². The van der Waals surface area contributed by atoms with Gasteiger partial charge in [-0.2, -0.15) is 5.10 Å². The zero-order valence-corrected chi connectivity index (χ0v) is 17.5. The smallest absolute Gasteiger partial charge is 0.331 e. The highest BCUT2D eigenvalue weighted by Gasteiger charge is 2.33. The van der Waals surface area contributed by atoms with Crippen LogP contribution in [0.25, 0.3) is 0 Å². The maximum Gasteiger partial charge on any atom is 0.338 e. The van der Waals surface area contributed by atoms with Crippen molar-refractivity contribution in [3.05, 3.63) is 71.5 Å². The van der Waals surface area contributed by atoms with Gasteiger partial charge in [-0.1, -0.05) is 55.8 Å². The topological polar surface area (TPSA) is 44.7 Å². The number of hydrogen-bond donors (Lipinski definition) is 1. The molecule has 1 atom stereocenters. The molecule has 154 valence electrons. The first-order valence-corrected chi connectivity index (χ1v) is 10.3. The molecule has 0 saturated carbocycles. The van der Waals surface area contributed by atoms with Gasteiger partial charge in [-0.15, -0.1) is 0 Å². The summed E-state index contributed by atoms with van der Waals surface area (Å²) in [6, 6.07) is 16.5. The molecule has 0 aliphatic carbocycles. The minimum absolute atomic E-state index is 0.147. The molecule has 4 nitrogen and oxygen atoms in total. The Morgan fingerprint density at radius 1 is 1.17 bits per heavy atom. The van der Waals surface area contributed by atoms with E-state index >= 15 is 0 Å². The molecule has 2 aromatic carbocycles. The summed E-state index contributed by atoms with van der Waals surface area (Å²) in [5.74, 6) is -0.109. The van der Waals surface area contributed by atoms with Gasteiger partial charge in [-0.05, 0) is 56.4 Å². The van der Waals surface area contributed by atoms with E-state index in [9.17, 15) is 9.18 Å². The Morgan fingerprint density at radius 2 is 1.86 bits per heavy atom. The zero-order valence-electron chi connectivity index (χ0n) is 17.5. The molecule has 2 amide bonds. The summed E-state index contributed by atoms with van der Waals surface area (Å²) < 4.78 is 13.1. The van der Waals surface area contributed by atoms with Gasteiger partial charge in [-0.3, -0.25) is 0 Å². The zero-order chi connectivity index (χ0) is 20.9. The van der Waals surface area contributed by atoms with Crippen molar-refractivity contribution >= 4 is 11.7 Å². The molecule has 29 heavy (non-hydrogen) atoms. The highest BCUT2D eigenvalue weighted by atomic mass is 19.1. The lowest BCUT2D eigenvalue weighted by atomic mass is 9.92. The van der Waals surface area contributed by atoms with E-state index in [0.717, 1.165) is 30.5 Å². The van der Waals surface area contributed by atoms with Crippen molar-refractivity contribution in [1.29, 1.82) is 0 Å². The highest BCUT2D eigenvalue weighted by molar-refractivity contribution is 5.94. The number of unbranched alkanes of at least 4 members (excludes halogenated alkanes) is 1. The number of nitrogens with one attached hydrogen (secondary N) is 1. The first kappa shape index (κ1) is 21.0. The van der Waals surface area contributed by atoms with Gasteiger partial charge in [0.15, 0.2) is 0 Å². The minimum Gasteiger partial charge on any atom is -0.331 e. The first-order valence-electron chi connectivity index (χ1n) is 10.3. The number of rotatable bonds is 7. The molecular formula is C24H30FN3O. The van der Waals surface area contributed by atoms with E-state index in [-0.39, 0.29) is 17.8 Å². The van der Waals surface area contributed by atoms with Crippen LogP contribution in [0, 0.1) is 5.82 Å². The average Bonchev–Trinajstić information content (AvgIpc) is 3.13. The van der Waals surface area contributed by atoms with Crippen molar-refractivity contribution in [3.63, 3.8) is 0 Å². The number of amides is 2. The van der Waals surface area contributed by atoms with Crippen molar-refractivity contribution in [1.82, 2.24) is 10.3 Å². The molecule has 2 aromatic rings. The summed E-state index contributed by atoms with van der Waals surface area (Å²) in [5, 5.41) is 9.34. The van der Waals surface area contributed by atoms with E-state index in [4.69, 9.17) is 0 Å². The summed E-state index contributed by atoms with van der Waals surface area (Å²) >= 11 is 0. The maximum absolute atomic E-state index is 13.1. The van der Waals surface area contributed by atoms with Gasteiger partial charge in [0.2, 0.25) is 0 Å². The molecule has 0 bridgehead atoms. The summed E-state index contributed by atoms with van der Waals surface area (Å²) in [7, 11) is 0. The predicted molar refractivity (Wildman–Crippen MR) is 116 cm³/mol. The summed E-state index contributed by atoms with van der Waals surface area (Å²) in [4.78, 5) is 12.9. The number of carbonyl (C=O) groups excluding carboxylic acids is 1. The molecule has 3 rings (SSSR count). The quantitative estimate of drug-likeness (QED) is 0.661. The lowest BCUT2D eigenvalue weighted by Crippen LogP contribution is -2.49. The maximum atomic E-state index is 13.1. The minimum atomic E-state index is -0.473. The van der Waals surface area contributed by atoms with Gasteiger partial charge in [0.25, 0.3) is 0 Å². The van der Waals surface area contributed by atoms with Gasteiger partial charge in [-0.25, -0.2) is 14.2 Å². The second-order valence-corrected chi connectivity index (χ2v) is 8.36. The number of carbonyl (C=O) groups is 1. The Morgan fingerprint density at radius 3 is 2.52 bits per heavy atom. The number of hydrogen-bond acceptors (Lipinski definition) is 2. The van der Waals surface area contributed by atoms with Crippen molar-refractivity contribution in [2.75, 3.05) is 6.54 Å². The summed E-state index contributed by atoms with van der Waals surface area (Å²) in [5.41, 5.74) is 2.78. The van der Waals surface area contributed by atoms with Crippen LogP contribution in [0.1, 0.15) is 57.1 Å². The third-order valence-corrected chi connectivity index (χ3v) is 5.23. The highest BCUT2D eigenvalue weighted by Crippen LogP contribution is 2.28. The van der Waals surface area contributed by atoms with Crippen LogP contribution in [0.2, 0.25) is 0 Å². The second-order valence-electron chi connectivity index (χ2n) is 8.36. The monoisotopic (exact) mass is 395 g/mol. The van der Waals surface area contributed by atoms with Crippen molar-refractivity contribution in [2.24, 2.45) is 5.10 Å². The van der Waals surface area contributed by atoms with Crippen LogP contribution in [0.5, 0.6) is 0 Å². The first-order chi connectivity index (χ1) is 13.9. The van der Waals surface area contributed by atoms with Crippen LogP contribution in [0.4, 0.5) is 9.18 Å². The van der Waals surface area contributed by atoms with E-state index in [1.165, 1.54) is 17.7 Å². The van der Waals surface area contributed by atoms with Gasteiger partial charge >= 0.3 is 6.03 Å². The molecule has 1 unspecified atom stereocenters. The SMILES string of the molecule is CCCCC1=NN(C(=O)NC(C)(C)Cc2ccc(F)cc2)CC1c1ccccc1. The van der Waals surface area contributed by atoms with Gasteiger partial charge in [0.05, 0.1) is 6.54 Å². The standard InChI is InChI=1S/C24H30FN3O/c1-4-5-11-22-21(19-9-7-6-8-10-19)17-28(27-22)23(29)26-24(2,3)16-18-12-14-20(25)15-13-18/h6-10,12-15,21H,4-5,11,16-17H2,1-3H3,(H,26,29).